The Hall–Kier alpha value is -2.42. The Morgan fingerprint density at radius 3 is 2.93 bits per heavy atom. The van der Waals surface area contributed by atoms with E-state index >= 15 is 0 Å². The average Bonchev–Trinajstić information content (AvgIpc) is 3.19. The number of nitrogens with one attached hydrogen (secondary N) is 2. The number of aryl methyl sites for hydroxylation is 3. The number of hydrogen-bond acceptors (Lipinski definition) is 5. The third kappa shape index (κ3) is 4.85. The normalized spacial score (nSPS) is 18.4. The molecule has 2 aromatic rings. The van der Waals surface area contributed by atoms with E-state index in [0.717, 1.165) is 43.5 Å². The summed E-state index contributed by atoms with van der Waals surface area (Å²) in [5, 5.41) is 15.7. The summed E-state index contributed by atoms with van der Waals surface area (Å²) in [4.78, 5) is 11.5. The molecule has 2 unspecified atom stereocenters. The minimum absolute atomic E-state index is 0.185. The predicted octanol–water partition coefficient (Wildman–Crippen LogP) is 0.493. The number of nitrogens with zero attached hydrogens (tertiary/aromatic N) is 7. The number of hydrogen-bond donors (Lipinski definition) is 2. The first-order valence-electron chi connectivity index (χ1n) is 9.56. The molecular weight excluding hydrogens is 342 g/mol. The van der Waals surface area contributed by atoms with Crippen molar-refractivity contribution in [2.75, 3.05) is 27.2 Å². The van der Waals surface area contributed by atoms with Crippen LogP contribution >= 0.6 is 0 Å². The van der Waals surface area contributed by atoms with Crippen LogP contribution in [0.3, 0.4) is 0 Å². The largest absolute Gasteiger partial charge is 0.357 e. The zero-order chi connectivity index (χ0) is 19.4. The van der Waals surface area contributed by atoms with Crippen LogP contribution in [-0.4, -0.2) is 68.6 Å². The lowest BCUT2D eigenvalue weighted by Crippen LogP contribution is -2.47. The molecular formula is C18H31N9. The molecule has 0 spiro atoms. The highest BCUT2D eigenvalue weighted by Crippen LogP contribution is 2.18. The van der Waals surface area contributed by atoms with E-state index in [4.69, 9.17) is 4.99 Å². The van der Waals surface area contributed by atoms with Gasteiger partial charge < -0.3 is 15.5 Å². The average molecular weight is 374 g/mol. The molecule has 0 amide bonds. The first-order valence-corrected chi connectivity index (χ1v) is 9.56. The SMILES string of the molecule is CCNC(=NCC(c1cnn(C)c1)N(C)C)NC1CCc2nc(C)nn2C1. The highest BCUT2D eigenvalue weighted by Gasteiger charge is 2.22. The summed E-state index contributed by atoms with van der Waals surface area (Å²) < 4.78 is 3.84. The van der Waals surface area contributed by atoms with Crippen LogP contribution in [0, 0.1) is 6.92 Å². The minimum atomic E-state index is 0.185. The van der Waals surface area contributed by atoms with Gasteiger partial charge in [-0.15, -0.1) is 0 Å². The van der Waals surface area contributed by atoms with Crippen molar-refractivity contribution in [3.63, 3.8) is 0 Å². The molecule has 2 aromatic heterocycles. The smallest absolute Gasteiger partial charge is 0.191 e. The second kappa shape index (κ2) is 8.51. The van der Waals surface area contributed by atoms with E-state index in [2.05, 4.69) is 57.9 Å². The van der Waals surface area contributed by atoms with Gasteiger partial charge in [0.05, 0.1) is 25.3 Å². The van der Waals surface area contributed by atoms with Crippen molar-refractivity contribution < 1.29 is 0 Å². The maximum absolute atomic E-state index is 4.85. The Labute approximate surface area is 160 Å². The molecule has 0 saturated carbocycles. The molecule has 0 fully saturated rings. The van der Waals surface area contributed by atoms with Gasteiger partial charge >= 0.3 is 0 Å². The van der Waals surface area contributed by atoms with Crippen molar-refractivity contribution in [3.8, 4) is 0 Å². The van der Waals surface area contributed by atoms with Crippen molar-refractivity contribution in [1.82, 2.24) is 40.1 Å². The maximum atomic E-state index is 4.85. The standard InChI is InChI=1S/C18H31N9/c1-6-19-18(20-10-16(25(3)4)14-9-21-26(5)11-14)23-15-7-8-17-22-13(2)24-27(17)12-15/h9,11,15-16H,6-8,10,12H2,1-5H3,(H2,19,20,23). The van der Waals surface area contributed by atoms with Crippen molar-refractivity contribution in [2.45, 2.75) is 45.3 Å². The van der Waals surface area contributed by atoms with Gasteiger partial charge in [-0.1, -0.05) is 0 Å². The first kappa shape index (κ1) is 19.3. The Bertz CT molecular complexity index is 774. The summed E-state index contributed by atoms with van der Waals surface area (Å²) in [6.45, 7) is 6.33. The van der Waals surface area contributed by atoms with Crippen LogP contribution in [0.2, 0.25) is 0 Å². The molecule has 9 nitrogen and oxygen atoms in total. The fourth-order valence-electron chi connectivity index (χ4n) is 3.42. The minimum Gasteiger partial charge on any atom is -0.357 e. The second-order valence-corrected chi connectivity index (χ2v) is 7.28. The van der Waals surface area contributed by atoms with Crippen molar-refractivity contribution in [3.05, 3.63) is 29.6 Å². The predicted molar refractivity (Wildman–Crippen MR) is 106 cm³/mol. The second-order valence-electron chi connectivity index (χ2n) is 7.28. The fourth-order valence-corrected chi connectivity index (χ4v) is 3.42. The zero-order valence-electron chi connectivity index (χ0n) is 17.0. The van der Waals surface area contributed by atoms with E-state index < -0.39 is 0 Å². The molecule has 27 heavy (non-hydrogen) atoms. The number of aliphatic imine (C=N–C) groups is 1. The van der Waals surface area contributed by atoms with Gasteiger partial charge in [0.1, 0.15) is 11.6 Å². The van der Waals surface area contributed by atoms with E-state index in [1.807, 2.05) is 29.5 Å². The molecule has 0 radical (unpaired) electrons. The molecule has 3 heterocycles. The Balaban J connectivity index is 1.67. The molecule has 148 valence electrons. The monoisotopic (exact) mass is 373 g/mol. The van der Waals surface area contributed by atoms with E-state index in [9.17, 15) is 0 Å². The van der Waals surface area contributed by atoms with Gasteiger partial charge in [-0.25, -0.2) is 9.67 Å². The van der Waals surface area contributed by atoms with Crippen molar-refractivity contribution >= 4 is 5.96 Å². The third-order valence-electron chi connectivity index (χ3n) is 4.80. The molecule has 0 bridgehead atoms. The van der Waals surface area contributed by atoms with Gasteiger partial charge in [-0.2, -0.15) is 10.2 Å². The van der Waals surface area contributed by atoms with Gasteiger partial charge in [0.15, 0.2) is 5.96 Å². The molecule has 0 saturated heterocycles. The first-order chi connectivity index (χ1) is 13.0. The lowest BCUT2D eigenvalue weighted by molar-refractivity contribution is 0.305. The molecule has 0 aromatic carbocycles. The summed E-state index contributed by atoms with van der Waals surface area (Å²) in [6.07, 6.45) is 5.93. The van der Waals surface area contributed by atoms with Crippen LogP contribution in [-0.2, 0) is 20.0 Å². The van der Waals surface area contributed by atoms with Gasteiger partial charge in [0, 0.05) is 37.8 Å². The molecule has 0 aliphatic carbocycles. The van der Waals surface area contributed by atoms with Crippen LogP contribution in [0.15, 0.2) is 17.4 Å². The molecule has 1 aliphatic rings. The van der Waals surface area contributed by atoms with Crippen LogP contribution in [0.5, 0.6) is 0 Å². The van der Waals surface area contributed by atoms with Crippen molar-refractivity contribution in [1.29, 1.82) is 0 Å². The Morgan fingerprint density at radius 1 is 1.44 bits per heavy atom. The van der Waals surface area contributed by atoms with Gasteiger partial charge in [-0.3, -0.25) is 9.67 Å². The van der Waals surface area contributed by atoms with E-state index in [0.29, 0.717) is 12.6 Å². The highest BCUT2D eigenvalue weighted by molar-refractivity contribution is 5.80. The number of rotatable bonds is 6. The lowest BCUT2D eigenvalue weighted by Gasteiger charge is -2.26. The molecule has 3 rings (SSSR count). The van der Waals surface area contributed by atoms with Crippen LogP contribution < -0.4 is 10.6 Å². The van der Waals surface area contributed by atoms with Crippen LogP contribution in [0.4, 0.5) is 0 Å². The fraction of sp³-hybridized carbons (Fsp3) is 0.667. The summed E-state index contributed by atoms with van der Waals surface area (Å²) in [5.74, 6) is 2.77. The summed E-state index contributed by atoms with van der Waals surface area (Å²) >= 11 is 0. The van der Waals surface area contributed by atoms with Crippen molar-refractivity contribution in [2.24, 2.45) is 12.0 Å². The third-order valence-corrected chi connectivity index (χ3v) is 4.80. The molecule has 9 heteroatoms. The van der Waals surface area contributed by atoms with E-state index in [-0.39, 0.29) is 6.04 Å². The van der Waals surface area contributed by atoms with Gasteiger partial charge in [0.2, 0.25) is 0 Å². The highest BCUT2D eigenvalue weighted by atomic mass is 15.4. The maximum Gasteiger partial charge on any atom is 0.191 e. The van der Waals surface area contributed by atoms with Crippen LogP contribution in [0.1, 0.15) is 36.6 Å². The quantitative estimate of drug-likeness (QED) is 0.566. The number of aromatic nitrogens is 5. The lowest BCUT2D eigenvalue weighted by atomic mass is 10.1. The topological polar surface area (TPSA) is 88.2 Å². The number of likely N-dealkylation sites (N-methyl/N-ethyl adjacent to an activating group) is 1. The van der Waals surface area contributed by atoms with Gasteiger partial charge in [0.25, 0.3) is 0 Å². The molecule has 2 N–H and O–H groups in total. The van der Waals surface area contributed by atoms with Gasteiger partial charge in [-0.05, 0) is 34.4 Å². The summed E-state index contributed by atoms with van der Waals surface area (Å²) in [7, 11) is 6.08. The Morgan fingerprint density at radius 2 is 2.26 bits per heavy atom. The molecule has 1 aliphatic heterocycles. The van der Waals surface area contributed by atoms with E-state index in [1.54, 1.807) is 0 Å². The summed E-state index contributed by atoms with van der Waals surface area (Å²) in [5.41, 5.74) is 1.17. The summed E-state index contributed by atoms with van der Waals surface area (Å²) in [6, 6.07) is 0.484. The number of guanidine groups is 1. The zero-order valence-corrected chi connectivity index (χ0v) is 17.0. The Kier molecular flexibility index (Phi) is 6.10. The number of fused-ring (bicyclic) bond motifs is 1. The van der Waals surface area contributed by atoms with E-state index in [1.165, 1.54) is 5.56 Å². The van der Waals surface area contributed by atoms with Crippen LogP contribution in [0.25, 0.3) is 0 Å². The molecule has 2 atom stereocenters.